The highest BCUT2D eigenvalue weighted by Crippen LogP contribution is 2.25. The highest BCUT2D eigenvalue weighted by Gasteiger charge is 2.26. The molecular weight excluding hydrogens is 347 g/mol. The largest absolute Gasteiger partial charge is 0.356 e. The van der Waals surface area contributed by atoms with Gasteiger partial charge in [0.2, 0.25) is 5.91 Å². The molecular formula is C19H21FN6O. The Labute approximate surface area is 156 Å². The lowest BCUT2D eigenvalue weighted by Gasteiger charge is -2.32. The third-order valence-corrected chi connectivity index (χ3v) is 4.99. The quantitative estimate of drug-likeness (QED) is 0.769. The molecule has 0 atom stereocenters. The van der Waals surface area contributed by atoms with Crippen LogP contribution in [0, 0.1) is 25.6 Å². The number of anilines is 2. The molecule has 1 amide bonds. The fraction of sp³-hybridized carbons (Fsp3) is 0.368. The van der Waals surface area contributed by atoms with Crippen LogP contribution in [-0.4, -0.2) is 38.6 Å². The molecule has 1 aliphatic rings. The maximum absolute atomic E-state index is 13.7. The Kier molecular flexibility index (Phi) is 4.47. The van der Waals surface area contributed by atoms with Crippen LogP contribution in [0.2, 0.25) is 0 Å². The van der Waals surface area contributed by atoms with Crippen LogP contribution in [0.15, 0.2) is 30.6 Å². The monoisotopic (exact) mass is 368 g/mol. The number of hydrogen-bond acceptors (Lipinski definition) is 5. The molecule has 1 saturated heterocycles. The van der Waals surface area contributed by atoms with Gasteiger partial charge >= 0.3 is 0 Å². The number of halogens is 1. The molecule has 1 fully saturated rings. The van der Waals surface area contributed by atoms with Crippen molar-refractivity contribution in [2.24, 2.45) is 5.92 Å². The molecule has 1 N–H and O–H groups in total. The number of piperidine rings is 1. The molecule has 0 saturated carbocycles. The number of nitrogens with one attached hydrogen (secondary N) is 1. The van der Waals surface area contributed by atoms with Crippen molar-refractivity contribution in [3.63, 3.8) is 0 Å². The highest BCUT2D eigenvalue weighted by atomic mass is 19.1. The SMILES string of the molecule is Cc1cc(N2CCC(C(=O)Nc3ccc(C)c(F)c3)CC2)n2ncnc2n1. The second-order valence-electron chi connectivity index (χ2n) is 6.94. The van der Waals surface area contributed by atoms with Gasteiger partial charge in [0.1, 0.15) is 18.0 Å². The molecule has 1 aliphatic heterocycles. The predicted octanol–water partition coefficient (Wildman–Crippen LogP) is 2.74. The maximum Gasteiger partial charge on any atom is 0.254 e. The molecule has 4 rings (SSSR count). The molecule has 1 aromatic carbocycles. The zero-order valence-electron chi connectivity index (χ0n) is 15.3. The number of aryl methyl sites for hydroxylation is 2. The van der Waals surface area contributed by atoms with Crippen LogP contribution in [0.1, 0.15) is 24.1 Å². The second kappa shape index (κ2) is 6.94. The average Bonchev–Trinajstić information content (AvgIpc) is 3.12. The third kappa shape index (κ3) is 3.47. The standard InChI is InChI=1S/C19H21FN6O/c1-12-3-4-15(10-16(12)20)24-18(27)14-5-7-25(8-6-14)17-9-13(2)23-19-21-11-22-26(17)19/h3-4,9-11,14H,5-8H2,1-2H3,(H,24,27). The smallest absolute Gasteiger partial charge is 0.254 e. The van der Waals surface area contributed by atoms with Crippen LogP contribution in [0.4, 0.5) is 15.9 Å². The first-order valence-electron chi connectivity index (χ1n) is 9.00. The number of amides is 1. The molecule has 3 heterocycles. The molecule has 7 nitrogen and oxygen atoms in total. The molecule has 0 unspecified atom stereocenters. The van der Waals surface area contributed by atoms with E-state index in [4.69, 9.17) is 0 Å². The van der Waals surface area contributed by atoms with E-state index in [0.717, 1.165) is 37.4 Å². The summed E-state index contributed by atoms with van der Waals surface area (Å²) in [6.07, 6.45) is 2.93. The van der Waals surface area contributed by atoms with E-state index in [1.807, 2.05) is 13.0 Å². The molecule has 27 heavy (non-hydrogen) atoms. The van der Waals surface area contributed by atoms with Gasteiger partial charge in [-0.3, -0.25) is 4.79 Å². The van der Waals surface area contributed by atoms with Crippen molar-refractivity contribution < 1.29 is 9.18 Å². The number of rotatable bonds is 3. The first-order valence-corrected chi connectivity index (χ1v) is 9.00. The molecule has 3 aromatic rings. The Morgan fingerprint density at radius 3 is 2.74 bits per heavy atom. The van der Waals surface area contributed by atoms with Crippen LogP contribution >= 0.6 is 0 Å². The van der Waals surface area contributed by atoms with E-state index >= 15 is 0 Å². The molecule has 140 valence electrons. The lowest BCUT2D eigenvalue weighted by molar-refractivity contribution is -0.120. The number of benzene rings is 1. The van der Waals surface area contributed by atoms with Crippen molar-refractivity contribution in [3.05, 3.63) is 47.7 Å². The summed E-state index contributed by atoms with van der Waals surface area (Å²) in [5.41, 5.74) is 1.94. The number of carbonyl (C=O) groups excluding carboxylic acids is 1. The summed E-state index contributed by atoms with van der Waals surface area (Å²) in [6.45, 7) is 5.10. The Hall–Kier alpha value is -3.03. The lowest BCUT2D eigenvalue weighted by Crippen LogP contribution is -2.39. The van der Waals surface area contributed by atoms with Crippen molar-refractivity contribution in [3.8, 4) is 0 Å². The summed E-state index contributed by atoms with van der Waals surface area (Å²) in [5, 5.41) is 7.08. The van der Waals surface area contributed by atoms with Crippen LogP contribution in [0.3, 0.4) is 0 Å². The van der Waals surface area contributed by atoms with Gasteiger partial charge < -0.3 is 10.2 Å². The summed E-state index contributed by atoms with van der Waals surface area (Å²) in [7, 11) is 0. The van der Waals surface area contributed by atoms with Gasteiger partial charge in [-0.25, -0.2) is 9.37 Å². The van der Waals surface area contributed by atoms with Gasteiger partial charge in [0.15, 0.2) is 0 Å². The van der Waals surface area contributed by atoms with Gasteiger partial charge in [0.25, 0.3) is 5.78 Å². The fourth-order valence-electron chi connectivity index (χ4n) is 3.42. The molecule has 0 aliphatic carbocycles. The van der Waals surface area contributed by atoms with Crippen LogP contribution in [-0.2, 0) is 4.79 Å². The molecule has 2 aromatic heterocycles. The second-order valence-corrected chi connectivity index (χ2v) is 6.94. The zero-order chi connectivity index (χ0) is 19.0. The molecule has 0 radical (unpaired) electrons. The van der Waals surface area contributed by atoms with E-state index in [2.05, 4.69) is 25.3 Å². The first kappa shape index (κ1) is 17.4. The Morgan fingerprint density at radius 1 is 1.22 bits per heavy atom. The zero-order valence-corrected chi connectivity index (χ0v) is 15.3. The van der Waals surface area contributed by atoms with Gasteiger partial charge in [0, 0.05) is 36.5 Å². The van der Waals surface area contributed by atoms with Gasteiger partial charge in [-0.05, 0) is 44.4 Å². The minimum Gasteiger partial charge on any atom is -0.356 e. The fourth-order valence-corrected chi connectivity index (χ4v) is 3.42. The van der Waals surface area contributed by atoms with Crippen molar-refractivity contribution in [2.75, 3.05) is 23.3 Å². The summed E-state index contributed by atoms with van der Waals surface area (Å²) in [4.78, 5) is 23.3. The number of aromatic nitrogens is 4. The minimum absolute atomic E-state index is 0.0604. The summed E-state index contributed by atoms with van der Waals surface area (Å²) >= 11 is 0. The van der Waals surface area contributed by atoms with Gasteiger partial charge in [-0.1, -0.05) is 6.07 Å². The van der Waals surface area contributed by atoms with Crippen molar-refractivity contribution in [1.29, 1.82) is 0 Å². The Bertz CT molecular complexity index is 993. The van der Waals surface area contributed by atoms with Gasteiger partial charge in [-0.15, -0.1) is 0 Å². The highest BCUT2D eigenvalue weighted by molar-refractivity contribution is 5.92. The maximum atomic E-state index is 13.7. The predicted molar refractivity (Wildman–Crippen MR) is 100 cm³/mol. The Balaban J connectivity index is 1.43. The lowest BCUT2D eigenvalue weighted by atomic mass is 9.95. The van der Waals surface area contributed by atoms with Gasteiger partial charge in [0.05, 0.1) is 0 Å². The average molecular weight is 368 g/mol. The summed E-state index contributed by atoms with van der Waals surface area (Å²) in [5.74, 6) is 1.04. The molecule has 8 heteroatoms. The van der Waals surface area contributed by atoms with Crippen LogP contribution in [0.25, 0.3) is 5.78 Å². The first-order chi connectivity index (χ1) is 13.0. The molecule has 0 spiro atoms. The number of fused-ring (bicyclic) bond motifs is 1. The van der Waals surface area contributed by atoms with E-state index < -0.39 is 0 Å². The van der Waals surface area contributed by atoms with Crippen molar-refractivity contribution >= 4 is 23.2 Å². The summed E-state index contributed by atoms with van der Waals surface area (Å²) < 4.78 is 15.4. The van der Waals surface area contributed by atoms with Crippen LogP contribution < -0.4 is 10.2 Å². The van der Waals surface area contributed by atoms with E-state index in [-0.39, 0.29) is 17.6 Å². The van der Waals surface area contributed by atoms with E-state index in [9.17, 15) is 9.18 Å². The normalized spacial score (nSPS) is 15.3. The third-order valence-electron chi connectivity index (χ3n) is 4.99. The van der Waals surface area contributed by atoms with Crippen molar-refractivity contribution in [2.45, 2.75) is 26.7 Å². The van der Waals surface area contributed by atoms with Crippen LogP contribution in [0.5, 0.6) is 0 Å². The van der Waals surface area contributed by atoms with Crippen molar-refractivity contribution in [1.82, 2.24) is 19.6 Å². The topological polar surface area (TPSA) is 75.4 Å². The van der Waals surface area contributed by atoms with E-state index in [1.54, 1.807) is 23.6 Å². The molecule has 0 bridgehead atoms. The minimum atomic E-state index is -0.312. The Morgan fingerprint density at radius 2 is 2.00 bits per heavy atom. The van der Waals surface area contributed by atoms with E-state index in [1.165, 1.54) is 12.4 Å². The summed E-state index contributed by atoms with van der Waals surface area (Å²) in [6, 6.07) is 6.75. The van der Waals surface area contributed by atoms with E-state index in [0.29, 0.717) is 17.0 Å². The number of hydrogen-bond donors (Lipinski definition) is 1. The van der Waals surface area contributed by atoms with Gasteiger partial charge in [-0.2, -0.15) is 14.6 Å². The number of carbonyl (C=O) groups is 1. The number of nitrogens with zero attached hydrogens (tertiary/aromatic N) is 5.